The summed E-state index contributed by atoms with van der Waals surface area (Å²) >= 11 is 0. The van der Waals surface area contributed by atoms with Crippen LogP contribution in [0.2, 0.25) is 0 Å². The highest BCUT2D eigenvalue weighted by atomic mass is 15.1. The van der Waals surface area contributed by atoms with Crippen LogP contribution in [0.15, 0.2) is 18.2 Å². The number of rotatable bonds is 4. The van der Waals surface area contributed by atoms with Gasteiger partial charge in [0.15, 0.2) is 0 Å². The average Bonchev–Trinajstić information content (AvgIpc) is 2.89. The van der Waals surface area contributed by atoms with Crippen LogP contribution in [-0.2, 0) is 19.3 Å². The summed E-state index contributed by atoms with van der Waals surface area (Å²) in [6.07, 6.45) is 7.93. The van der Waals surface area contributed by atoms with Gasteiger partial charge in [-0.3, -0.25) is 0 Å². The highest BCUT2D eigenvalue weighted by Gasteiger charge is 2.19. The van der Waals surface area contributed by atoms with E-state index in [9.17, 15) is 0 Å². The fraction of sp³-hybridized carbons (Fsp3) is 0.647. The summed E-state index contributed by atoms with van der Waals surface area (Å²) in [6.45, 7) is 4.36. The van der Waals surface area contributed by atoms with Crippen LogP contribution in [0.1, 0.15) is 36.0 Å². The van der Waals surface area contributed by atoms with Gasteiger partial charge >= 0.3 is 0 Å². The Hall–Kier alpha value is -0.860. The zero-order chi connectivity index (χ0) is 13.1. The van der Waals surface area contributed by atoms with Crippen molar-refractivity contribution in [1.29, 1.82) is 0 Å². The maximum Gasteiger partial charge on any atom is 0.0105 e. The molecule has 1 fully saturated rings. The summed E-state index contributed by atoms with van der Waals surface area (Å²) in [5.41, 5.74) is 10.4. The number of aryl methyl sites for hydroxylation is 2. The Kier molecular flexibility index (Phi) is 4.19. The third-order valence-electron chi connectivity index (χ3n) is 4.84. The molecule has 0 spiro atoms. The quantitative estimate of drug-likeness (QED) is 0.898. The lowest BCUT2D eigenvalue weighted by molar-refractivity contribution is 0.188. The van der Waals surface area contributed by atoms with E-state index in [0.717, 1.165) is 19.0 Å². The Morgan fingerprint density at radius 2 is 1.89 bits per heavy atom. The van der Waals surface area contributed by atoms with Gasteiger partial charge in [-0.15, -0.1) is 0 Å². The monoisotopic (exact) mass is 258 g/mol. The number of hydrogen-bond donors (Lipinski definition) is 1. The van der Waals surface area contributed by atoms with Gasteiger partial charge in [0.1, 0.15) is 0 Å². The van der Waals surface area contributed by atoms with Gasteiger partial charge in [-0.1, -0.05) is 18.2 Å². The van der Waals surface area contributed by atoms with Crippen LogP contribution in [0.5, 0.6) is 0 Å². The number of likely N-dealkylation sites (tertiary alicyclic amines) is 1. The molecule has 2 aliphatic rings. The predicted molar refractivity (Wildman–Crippen MR) is 80.4 cm³/mol. The summed E-state index contributed by atoms with van der Waals surface area (Å²) < 4.78 is 0. The van der Waals surface area contributed by atoms with Crippen LogP contribution >= 0.6 is 0 Å². The first-order valence-electron chi connectivity index (χ1n) is 7.88. The summed E-state index contributed by atoms with van der Waals surface area (Å²) in [4.78, 5) is 2.51. The van der Waals surface area contributed by atoms with E-state index in [1.807, 2.05) is 0 Å². The molecule has 0 saturated carbocycles. The van der Waals surface area contributed by atoms with Crippen LogP contribution in [-0.4, -0.2) is 31.1 Å². The molecule has 2 N–H and O–H groups in total. The largest absolute Gasteiger partial charge is 0.329 e. The molecule has 0 bridgehead atoms. The molecule has 0 unspecified atom stereocenters. The molecule has 2 heteroatoms. The molecule has 19 heavy (non-hydrogen) atoms. The van der Waals surface area contributed by atoms with Gasteiger partial charge in [0.2, 0.25) is 0 Å². The topological polar surface area (TPSA) is 29.3 Å². The number of nitrogens with zero attached hydrogens (tertiary/aromatic N) is 1. The minimum absolute atomic E-state index is 0.801. The lowest BCUT2D eigenvalue weighted by Crippen LogP contribution is -2.37. The molecule has 104 valence electrons. The highest BCUT2D eigenvalue weighted by molar-refractivity contribution is 5.35. The van der Waals surface area contributed by atoms with Crippen molar-refractivity contribution in [2.45, 2.75) is 38.5 Å². The first-order chi connectivity index (χ1) is 9.35. The fourth-order valence-corrected chi connectivity index (χ4v) is 3.68. The molecule has 2 nitrogen and oxygen atoms in total. The zero-order valence-electron chi connectivity index (χ0n) is 11.9. The Labute approximate surface area is 117 Å². The van der Waals surface area contributed by atoms with Crippen molar-refractivity contribution < 1.29 is 0 Å². The van der Waals surface area contributed by atoms with E-state index in [0.29, 0.717) is 0 Å². The van der Waals surface area contributed by atoms with Gasteiger partial charge in [0, 0.05) is 13.1 Å². The molecule has 1 aromatic carbocycles. The normalized spacial score (nSPS) is 20.7. The van der Waals surface area contributed by atoms with Crippen molar-refractivity contribution in [3.05, 3.63) is 34.9 Å². The van der Waals surface area contributed by atoms with E-state index < -0.39 is 0 Å². The maximum atomic E-state index is 5.63. The van der Waals surface area contributed by atoms with E-state index in [2.05, 4.69) is 23.1 Å². The van der Waals surface area contributed by atoms with Gasteiger partial charge in [-0.05, 0) is 74.2 Å². The summed E-state index contributed by atoms with van der Waals surface area (Å²) in [7, 11) is 0. The predicted octanol–water partition coefficient (Wildman–Crippen LogP) is 2.39. The Balaban J connectivity index is 1.55. The van der Waals surface area contributed by atoms with Gasteiger partial charge in [0.05, 0.1) is 0 Å². The van der Waals surface area contributed by atoms with Crippen LogP contribution in [0.25, 0.3) is 0 Å². The van der Waals surface area contributed by atoms with Crippen LogP contribution in [0, 0.1) is 5.92 Å². The zero-order valence-corrected chi connectivity index (χ0v) is 11.9. The second kappa shape index (κ2) is 6.06. The Bertz CT molecular complexity index is 419. The van der Waals surface area contributed by atoms with Crippen molar-refractivity contribution in [3.8, 4) is 0 Å². The molecular weight excluding hydrogens is 232 g/mol. The van der Waals surface area contributed by atoms with Gasteiger partial charge in [-0.25, -0.2) is 0 Å². The first-order valence-corrected chi connectivity index (χ1v) is 7.88. The van der Waals surface area contributed by atoms with Gasteiger partial charge in [0.25, 0.3) is 0 Å². The summed E-state index contributed by atoms with van der Waals surface area (Å²) in [5.74, 6) is 0.883. The Morgan fingerprint density at radius 3 is 2.68 bits per heavy atom. The molecule has 1 saturated heterocycles. The van der Waals surface area contributed by atoms with Crippen molar-refractivity contribution in [2.24, 2.45) is 11.7 Å². The van der Waals surface area contributed by atoms with Crippen LogP contribution < -0.4 is 5.73 Å². The van der Waals surface area contributed by atoms with E-state index in [1.54, 1.807) is 16.7 Å². The molecule has 1 aromatic rings. The average molecular weight is 258 g/mol. The third-order valence-corrected chi connectivity index (χ3v) is 4.84. The molecular formula is C17H26N2. The number of nitrogens with two attached hydrogens (primary N) is 1. The summed E-state index contributed by atoms with van der Waals surface area (Å²) in [6, 6.07) is 7.23. The number of hydrogen-bond acceptors (Lipinski definition) is 2. The first kappa shape index (κ1) is 13.1. The lowest BCUT2D eigenvalue weighted by atomic mass is 9.89. The van der Waals surface area contributed by atoms with E-state index in [-0.39, 0.29) is 0 Å². The van der Waals surface area contributed by atoms with E-state index in [4.69, 9.17) is 5.73 Å². The molecule has 0 amide bonds. The van der Waals surface area contributed by atoms with Crippen molar-refractivity contribution in [1.82, 2.24) is 4.90 Å². The van der Waals surface area contributed by atoms with Gasteiger partial charge < -0.3 is 10.6 Å². The molecule has 1 aliphatic heterocycles. The molecule has 0 radical (unpaired) electrons. The lowest BCUT2D eigenvalue weighted by Gasteiger charge is -2.31. The van der Waals surface area contributed by atoms with E-state index >= 15 is 0 Å². The van der Waals surface area contributed by atoms with Crippen LogP contribution in [0.4, 0.5) is 0 Å². The van der Waals surface area contributed by atoms with Gasteiger partial charge in [-0.2, -0.15) is 0 Å². The molecule has 1 heterocycles. The fourth-order valence-electron chi connectivity index (χ4n) is 3.68. The highest BCUT2D eigenvalue weighted by Crippen LogP contribution is 2.26. The Morgan fingerprint density at radius 1 is 1.11 bits per heavy atom. The summed E-state index contributed by atoms with van der Waals surface area (Å²) in [5, 5.41) is 0. The third kappa shape index (κ3) is 3.18. The second-order valence-corrected chi connectivity index (χ2v) is 6.23. The second-order valence-electron chi connectivity index (χ2n) is 6.23. The minimum atomic E-state index is 0.801. The minimum Gasteiger partial charge on any atom is -0.329 e. The maximum absolute atomic E-state index is 5.63. The molecule has 0 aromatic heterocycles. The molecule has 1 aliphatic carbocycles. The molecule has 0 atom stereocenters. The van der Waals surface area contributed by atoms with Crippen molar-refractivity contribution in [2.75, 3.05) is 26.2 Å². The van der Waals surface area contributed by atoms with Crippen LogP contribution in [0.3, 0.4) is 0 Å². The number of benzene rings is 1. The van der Waals surface area contributed by atoms with Crippen molar-refractivity contribution >= 4 is 0 Å². The standard InChI is InChI=1S/C17H26N2/c18-8-11-19-9-6-14(7-10-19)12-15-4-5-16-2-1-3-17(16)13-15/h4-5,13-14H,1-3,6-12,18H2. The number of fused-ring (bicyclic) bond motifs is 1. The van der Waals surface area contributed by atoms with E-state index in [1.165, 1.54) is 51.6 Å². The number of piperidine rings is 1. The molecule has 3 rings (SSSR count). The van der Waals surface area contributed by atoms with Crippen molar-refractivity contribution in [3.63, 3.8) is 0 Å². The smallest absolute Gasteiger partial charge is 0.0105 e. The SMILES string of the molecule is NCCN1CCC(Cc2ccc3c(c2)CCC3)CC1.